The van der Waals surface area contributed by atoms with Gasteiger partial charge in [-0.2, -0.15) is 0 Å². The van der Waals surface area contributed by atoms with E-state index in [0.717, 1.165) is 50.4 Å². The van der Waals surface area contributed by atoms with E-state index in [1.165, 1.54) is 18.5 Å². The van der Waals surface area contributed by atoms with E-state index in [1.54, 1.807) is 0 Å². The molecule has 0 aliphatic carbocycles. The number of piperidine rings is 1. The molecule has 3 N–H and O–H groups in total. The van der Waals surface area contributed by atoms with E-state index in [9.17, 15) is 0 Å². The van der Waals surface area contributed by atoms with Crippen molar-refractivity contribution in [3.8, 4) is 0 Å². The van der Waals surface area contributed by atoms with Crippen LogP contribution in [0.1, 0.15) is 55.9 Å². The Morgan fingerprint density at radius 2 is 2.17 bits per heavy atom. The van der Waals surface area contributed by atoms with Crippen molar-refractivity contribution in [1.29, 1.82) is 0 Å². The third kappa shape index (κ3) is 4.17. The van der Waals surface area contributed by atoms with E-state index in [0.29, 0.717) is 12.6 Å². The van der Waals surface area contributed by atoms with E-state index in [4.69, 9.17) is 5.73 Å². The van der Waals surface area contributed by atoms with Gasteiger partial charge in [-0.05, 0) is 19.3 Å². The van der Waals surface area contributed by atoms with Crippen molar-refractivity contribution >= 4 is 0 Å². The first kappa shape index (κ1) is 16.1. The fraction of sp³-hybridized carbons (Fsp3) is 0.688. The quantitative estimate of drug-likeness (QED) is 0.810. The van der Waals surface area contributed by atoms with Crippen LogP contribution in [0.2, 0.25) is 0 Å². The van der Waals surface area contributed by atoms with Gasteiger partial charge in [-0.15, -0.1) is 5.10 Å². The Hall–Kier alpha value is -1.73. The summed E-state index contributed by atoms with van der Waals surface area (Å²) in [6, 6.07) is 0.445. The fourth-order valence-corrected chi connectivity index (χ4v) is 3.13. The van der Waals surface area contributed by atoms with Gasteiger partial charge in [0.25, 0.3) is 0 Å². The number of nitrogens with zero attached hydrogens (tertiary/aromatic N) is 5. The lowest BCUT2D eigenvalue weighted by Gasteiger charge is -2.31. The third-order valence-electron chi connectivity index (χ3n) is 4.54. The molecular formula is C16H27N7. The third-order valence-corrected chi connectivity index (χ3v) is 4.54. The van der Waals surface area contributed by atoms with Gasteiger partial charge >= 0.3 is 0 Å². The zero-order valence-corrected chi connectivity index (χ0v) is 13.9. The number of H-pyrrole nitrogens is 1. The molecule has 2 aromatic rings. The number of likely N-dealkylation sites (tertiary alicyclic amines) is 1. The van der Waals surface area contributed by atoms with E-state index in [-0.39, 0.29) is 0 Å². The van der Waals surface area contributed by atoms with Crippen LogP contribution in [0.25, 0.3) is 0 Å². The molecule has 2 aromatic heterocycles. The van der Waals surface area contributed by atoms with Crippen LogP contribution in [0.15, 0.2) is 12.4 Å². The van der Waals surface area contributed by atoms with Crippen LogP contribution < -0.4 is 5.73 Å². The molecule has 7 nitrogen and oxygen atoms in total. The first-order chi connectivity index (χ1) is 11.3. The van der Waals surface area contributed by atoms with Gasteiger partial charge in [-0.3, -0.25) is 4.90 Å². The Labute approximate surface area is 137 Å². The molecule has 0 radical (unpaired) electrons. The number of hydrogen-bond donors (Lipinski definition) is 2. The van der Waals surface area contributed by atoms with Crippen LogP contribution in [-0.2, 0) is 19.5 Å². The van der Waals surface area contributed by atoms with Gasteiger partial charge < -0.3 is 10.7 Å². The van der Waals surface area contributed by atoms with Crippen LogP contribution in [0.3, 0.4) is 0 Å². The molecule has 126 valence electrons. The lowest BCUT2D eigenvalue weighted by Crippen LogP contribution is -2.34. The highest BCUT2D eigenvalue weighted by atomic mass is 15.4. The van der Waals surface area contributed by atoms with Gasteiger partial charge in [-0.25, -0.2) is 9.67 Å². The molecule has 0 unspecified atom stereocenters. The summed E-state index contributed by atoms with van der Waals surface area (Å²) in [5.41, 5.74) is 7.69. The number of aryl methyl sites for hydroxylation is 1. The molecule has 1 saturated heterocycles. The topological polar surface area (TPSA) is 88.7 Å². The van der Waals surface area contributed by atoms with Gasteiger partial charge in [0, 0.05) is 44.5 Å². The Balaban J connectivity index is 1.48. The molecular weight excluding hydrogens is 290 g/mol. The molecule has 0 amide bonds. The molecule has 0 aromatic carbocycles. The summed E-state index contributed by atoms with van der Waals surface area (Å²) in [4.78, 5) is 10.4. The maximum absolute atomic E-state index is 5.60. The number of nitrogens with two attached hydrogens (primary N) is 1. The standard InChI is InChI=1S/C16H27N7/c1-2-3-4-16-18-10-14(19-16)11-22-7-5-15(6-8-22)23-12-13(9-17)20-21-23/h10,12,15H,2-9,11,17H2,1H3,(H,18,19). The number of aromatic amines is 1. The molecule has 23 heavy (non-hydrogen) atoms. The smallest absolute Gasteiger partial charge is 0.106 e. The van der Waals surface area contributed by atoms with Crippen molar-refractivity contribution in [3.63, 3.8) is 0 Å². The second-order valence-electron chi connectivity index (χ2n) is 6.36. The van der Waals surface area contributed by atoms with Crippen molar-refractivity contribution in [3.05, 3.63) is 29.6 Å². The van der Waals surface area contributed by atoms with Gasteiger partial charge in [0.2, 0.25) is 0 Å². The molecule has 0 atom stereocenters. The first-order valence-electron chi connectivity index (χ1n) is 8.64. The highest BCUT2D eigenvalue weighted by molar-refractivity contribution is 5.02. The van der Waals surface area contributed by atoms with Crippen LogP contribution in [0, 0.1) is 0 Å². The number of rotatable bonds is 7. The summed E-state index contributed by atoms with van der Waals surface area (Å²) >= 11 is 0. The summed E-state index contributed by atoms with van der Waals surface area (Å²) in [6.45, 7) is 5.77. The number of unbranched alkanes of at least 4 members (excludes halogenated alkanes) is 1. The zero-order valence-electron chi connectivity index (χ0n) is 13.9. The molecule has 0 bridgehead atoms. The highest BCUT2D eigenvalue weighted by Crippen LogP contribution is 2.22. The Morgan fingerprint density at radius 3 is 2.87 bits per heavy atom. The van der Waals surface area contributed by atoms with E-state index in [1.807, 2.05) is 17.1 Å². The molecule has 3 heterocycles. The normalized spacial score (nSPS) is 17.0. The number of nitrogens with one attached hydrogen (secondary N) is 1. The summed E-state index contributed by atoms with van der Waals surface area (Å²) in [5, 5.41) is 8.29. The fourth-order valence-electron chi connectivity index (χ4n) is 3.13. The van der Waals surface area contributed by atoms with Crippen molar-refractivity contribution in [2.24, 2.45) is 5.73 Å². The number of hydrogen-bond acceptors (Lipinski definition) is 5. The molecule has 1 aliphatic heterocycles. The first-order valence-corrected chi connectivity index (χ1v) is 8.64. The predicted molar refractivity (Wildman–Crippen MR) is 88.7 cm³/mol. The van der Waals surface area contributed by atoms with Gasteiger partial charge in [0.1, 0.15) is 5.82 Å². The predicted octanol–water partition coefficient (Wildman–Crippen LogP) is 1.64. The second-order valence-corrected chi connectivity index (χ2v) is 6.36. The SMILES string of the molecule is CCCCc1ncc(CN2CCC(n3cc(CN)nn3)CC2)[nH]1. The average Bonchev–Trinajstić information content (AvgIpc) is 3.23. The summed E-state index contributed by atoms with van der Waals surface area (Å²) < 4.78 is 1.98. The maximum atomic E-state index is 5.60. The highest BCUT2D eigenvalue weighted by Gasteiger charge is 2.22. The second kappa shape index (κ2) is 7.70. The van der Waals surface area contributed by atoms with E-state index < -0.39 is 0 Å². The maximum Gasteiger partial charge on any atom is 0.106 e. The van der Waals surface area contributed by atoms with Crippen molar-refractivity contribution in [1.82, 2.24) is 29.9 Å². The van der Waals surface area contributed by atoms with Crippen molar-refractivity contribution in [2.45, 2.75) is 58.2 Å². The largest absolute Gasteiger partial charge is 0.345 e. The number of imidazole rings is 1. The molecule has 7 heteroatoms. The molecule has 0 saturated carbocycles. The monoisotopic (exact) mass is 317 g/mol. The Bertz CT molecular complexity index is 595. The minimum Gasteiger partial charge on any atom is -0.345 e. The van der Waals surface area contributed by atoms with Crippen molar-refractivity contribution in [2.75, 3.05) is 13.1 Å². The van der Waals surface area contributed by atoms with E-state index in [2.05, 4.69) is 32.1 Å². The lowest BCUT2D eigenvalue weighted by molar-refractivity contribution is 0.170. The zero-order chi connectivity index (χ0) is 16.1. The van der Waals surface area contributed by atoms with Crippen LogP contribution in [-0.4, -0.2) is 43.0 Å². The minimum atomic E-state index is 0.445. The summed E-state index contributed by atoms with van der Waals surface area (Å²) in [5.74, 6) is 1.12. The number of aromatic nitrogens is 5. The lowest BCUT2D eigenvalue weighted by atomic mass is 10.1. The summed E-state index contributed by atoms with van der Waals surface area (Å²) in [6.07, 6.45) is 9.62. The molecule has 3 rings (SSSR count). The average molecular weight is 317 g/mol. The Morgan fingerprint density at radius 1 is 1.35 bits per heavy atom. The van der Waals surface area contributed by atoms with Crippen LogP contribution >= 0.6 is 0 Å². The molecule has 0 spiro atoms. The minimum absolute atomic E-state index is 0.445. The van der Waals surface area contributed by atoms with E-state index >= 15 is 0 Å². The van der Waals surface area contributed by atoms with Crippen LogP contribution in [0.5, 0.6) is 0 Å². The summed E-state index contributed by atoms with van der Waals surface area (Å²) in [7, 11) is 0. The molecule has 1 aliphatic rings. The van der Waals surface area contributed by atoms with Gasteiger partial charge in [-0.1, -0.05) is 18.6 Å². The Kier molecular flexibility index (Phi) is 5.40. The van der Waals surface area contributed by atoms with Crippen LogP contribution in [0.4, 0.5) is 0 Å². The molecule has 1 fully saturated rings. The van der Waals surface area contributed by atoms with Crippen molar-refractivity contribution < 1.29 is 0 Å². The van der Waals surface area contributed by atoms with Gasteiger partial charge in [0.05, 0.1) is 17.9 Å². The van der Waals surface area contributed by atoms with Gasteiger partial charge in [0.15, 0.2) is 0 Å².